The molecule has 0 saturated heterocycles. The van der Waals surface area contributed by atoms with Gasteiger partial charge in [0.25, 0.3) is 0 Å². The fraction of sp³-hybridized carbons (Fsp3) is 0.306. The van der Waals surface area contributed by atoms with E-state index >= 15 is 0 Å². The molecule has 0 radical (unpaired) electrons. The van der Waals surface area contributed by atoms with E-state index in [1.54, 1.807) is 7.11 Å². The lowest BCUT2D eigenvalue weighted by molar-refractivity contribution is -0.128. The topological polar surface area (TPSA) is 26.3 Å². The Morgan fingerprint density at radius 2 is 1.27 bits per heavy atom. The lowest BCUT2D eigenvalue weighted by Crippen LogP contribution is -2.47. The van der Waals surface area contributed by atoms with Gasteiger partial charge in [-0.15, -0.1) is 23.5 Å². The van der Waals surface area contributed by atoms with Gasteiger partial charge in [0.05, 0.1) is 7.11 Å². The van der Waals surface area contributed by atoms with Crippen LogP contribution in [0.25, 0.3) is 0 Å². The zero-order valence-electron chi connectivity index (χ0n) is 23.1. The maximum Gasteiger partial charge on any atom is 0.136 e. The zero-order chi connectivity index (χ0) is 27.5. The van der Waals surface area contributed by atoms with Crippen LogP contribution in [0.3, 0.4) is 0 Å². The van der Waals surface area contributed by atoms with Crippen molar-refractivity contribution >= 4 is 29.3 Å². The van der Waals surface area contributed by atoms with Crippen LogP contribution in [0.1, 0.15) is 47.8 Å². The molecule has 4 aromatic carbocycles. The molecule has 204 valence electrons. The second-order valence-electron chi connectivity index (χ2n) is 11.2. The first-order valence-corrected chi connectivity index (χ1v) is 16.0. The number of ketones is 1. The first-order chi connectivity index (χ1) is 19.6. The van der Waals surface area contributed by atoms with Crippen LogP contribution < -0.4 is 4.74 Å². The van der Waals surface area contributed by atoms with E-state index in [-0.39, 0.29) is 11.8 Å². The van der Waals surface area contributed by atoms with Crippen molar-refractivity contribution in [1.82, 2.24) is 0 Å². The molecule has 4 aromatic rings. The van der Waals surface area contributed by atoms with Crippen LogP contribution in [0.15, 0.2) is 119 Å². The Labute approximate surface area is 246 Å². The van der Waals surface area contributed by atoms with Crippen molar-refractivity contribution in [3.8, 4) is 5.75 Å². The maximum atomic E-state index is 13.9. The highest BCUT2D eigenvalue weighted by Gasteiger charge is 2.50. The Bertz CT molecular complexity index is 1400. The molecule has 2 saturated carbocycles. The van der Waals surface area contributed by atoms with Crippen molar-refractivity contribution < 1.29 is 9.53 Å². The maximum absolute atomic E-state index is 13.9. The number of ether oxygens (including phenoxy) is 1. The summed E-state index contributed by atoms with van der Waals surface area (Å²) in [4.78, 5) is 16.5. The quantitative estimate of drug-likeness (QED) is 0.224. The minimum Gasteiger partial charge on any atom is -0.497 e. The van der Waals surface area contributed by atoms with Crippen molar-refractivity contribution in [2.75, 3.05) is 7.11 Å². The molecule has 2 aliphatic carbocycles. The number of Topliss-reactive ketones (excluding diaryl/α,β-unsaturated/α-hetero) is 1. The monoisotopic (exact) mass is 564 g/mol. The largest absolute Gasteiger partial charge is 0.497 e. The lowest BCUT2D eigenvalue weighted by atomic mass is 9.62. The molecule has 4 heteroatoms. The van der Waals surface area contributed by atoms with E-state index in [9.17, 15) is 4.79 Å². The summed E-state index contributed by atoms with van der Waals surface area (Å²) < 4.78 is 5.48. The molecule has 0 N–H and O–H groups in total. The molecule has 0 spiro atoms. The van der Waals surface area contributed by atoms with Gasteiger partial charge >= 0.3 is 0 Å². The minimum absolute atomic E-state index is 0.0959. The molecule has 2 aliphatic rings. The first kappa shape index (κ1) is 27.2. The van der Waals surface area contributed by atoms with Gasteiger partial charge in [-0.25, -0.2) is 0 Å². The molecule has 2 fully saturated rings. The summed E-state index contributed by atoms with van der Waals surface area (Å²) in [6.07, 6.45) is 2.57. The number of rotatable bonds is 7. The van der Waals surface area contributed by atoms with Crippen LogP contribution in [0.4, 0.5) is 0 Å². The van der Waals surface area contributed by atoms with E-state index in [0.29, 0.717) is 34.5 Å². The summed E-state index contributed by atoms with van der Waals surface area (Å²) in [6, 6.07) is 39.0. The Hall–Kier alpha value is -2.95. The number of methoxy groups -OCH3 is 1. The average Bonchev–Trinajstić information content (AvgIpc) is 3.00. The molecule has 0 aliphatic heterocycles. The Balaban J connectivity index is 1.38. The molecular weight excluding hydrogens is 529 g/mol. The van der Waals surface area contributed by atoms with Gasteiger partial charge in [-0.1, -0.05) is 78.4 Å². The van der Waals surface area contributed by atoms with E-state index in [2.05, 4.69) is 116 Å². The van der Waals surface area contributed by atoms with Gasteiger partial charge < -0.3 is 4.74 Å². The summed E-state index contributed by atoms with van der Waals surface area (Å²) in [5, 5.41) is 0.690. The standard InChI is InChI=1S/C36H36O2S2/c1-24-13-19-29(20-14-24)40-36-31(25-9-5-3-6-10-25)22-34(37)32-23-35(39-28-11-7-4-8-12-28)30(21-33(32)36)26-15-17-27(38-2)18-16-26/h3-20,30-33,35-36H,21-23H2,1-2H3/t30?,31?,32-,33+,35?,36?/m1/s1. The molecule has 2 nitrogen and oxygen atoms in total. The third kappa shape index (κ3) is 5.89. The predicted molar refractivity (Wildman–Crippen MR) is 168 cm³/mol. The lowest BCUT2D eigenvalue weighted by Gasteiger charge is -2.49. The molecule has 40 heavy (non-hydrogen) atoms. The number of benzene rings is 4. The normalized spacial score (nSPS) is 26.2. The van der Waals surface area contributed by atoms with E-state index in [4.69, 9.17) is 4.74 Å². The number of thioether (sulfide) groups is 2. The van der Waals surface area contributed by atoms with Crippen LogP contribution in [-0.4, -0.2) is 23.4 Å². The average molecular weight is 565 g/mol. The van der Waals surface area contributed by atoms with Crippen LogP contribution in [0, 0.1) is 18.8 Å². The number of carbonyl (C=O) groups excluding carboxylic acids is 1. The molecule has 0 heterocycles. The molecule has 0 amide bonds. The summed E-state index contributed by atoms with van der Waals surface area (Å²) in [5.74, 6) is 2.33. The van der Waals surface area contributed by atoms with Gasteiger partial charge in [-0.2, -0.15) is 0 Å². The number of hydrogen-bond acceptors (Lipinski definition) is 4. The third-order valence-electron chi connectivity index (χ3n) is 8.73. The van der Waals surface area contributed by atoms with Crippen LogP contribution in [0.2, 0.25) is 0 Å². The zero-order valence-corrected chi connectivity index (χ0v) is 24.7. The van der Waals surface area contributed by atoms with Gasteiger partial charge in [0, 0.05) is 38.5 Å². The Morgan fingerprint density at radius 1 is 0.650 bits per heavy atom. The second kappa shape index (κ2) is 12.3. The predicted octanol–water partition coefficient (Wildman–Crippen LogP) is 9.19. The molecule has 4 unspecified atom stereocenters. The second-order valence-corrected chi connectivity index (χ2v) is 13.7. The van der Waals surface area contributed by atoms with Crippen molar-refractivity contribution in [2.24, 2.45) is 11.8 Å². The molecular formula is C36H36O2S2. The van der Waals surface area contributed by atoms with Gasteiger partial charge in [-0.3, -0.25) is 4.79 Å². The number of fused-ring (bicyclic) bond motifs is 1. The van der Waals surface area contributed by atoms with Crippen LogP contribution >= 0.6 is 23.5 Å². The number of carbonyl (C=O) groups is 1. The van der Waals surface area contributed by atoms with Gasteiger partial charge in [0.2, 0.25) is 0 Å². The summed E-state index contributed by atoms with van der Waals surface area (Å²) in [7, 11) is 1.72. The molecule has 0 aromatic heterocycles. The SMILES string of the molecule is COc1ccc(C2C[C@@H]3C(Sc4ccc(C)cc4)C(c4ccccc4)CC(=O)[C@@H]3CC2Sc2ccccc2)cc1. The van der Waals surface area contributed by atoms with E-state index in [1.165, 1.54) is 26.5 Å². The van der Waals surface area contributed by atoms with Crippen molar-refractivity contribution in [3.63, 3.8) is 0 Å². The van der Waals surface area contributed by atoms with E-state index in [1.807, 2.05) is 23.5 Å². The van der Waals surface area contributed by atoms with Gasteiger partial charge in [-0.05, 0) is 79.1 Å². The van der Waals surface area contributed by atoms with Crippen LogP contribution in [0.5, 0.6) is 5.75 Å². The summed E-state index contributed by atoms with van der Waals surface area (Å²) in [5.41, 5.74) is 3.92. The Morgan fingerprint density at radius 3 is 1.95 bits per heavy atom. The summed E-state index contributed by atoms with van der Waals surface area (Å²) in [6.45, 7) is 2.14. The molecule has 6 rings (SSSR count). The smallest absolute Gasteiger partial charge is 0.136 e. The van der Waals surface area contributed by atoms with Crippen LogP contribution in [-0.2, 0) is 4.79 Å². The highest BCUT2D eigenvalue weighted by atomic mass is 32.2. The van der Waals surface area contributed by atoms with Gasteiger partial charge in [0.1, 0.15) is 11.5 Å². The highest BCUT2D eigenvalue weighted by molar-refractivity contribution is 8.00. The fourth-order valence-corrected chi connectivity index (χ4v) is 9.57. The van der Waals surface area contributed by atoms with Crippen molar-refractivity contribution in [1.29, 1.82) is 0 Å². The van der Waals surface area contributed by atoms with E-state index in [0.717, 1.165) is 18.6 Å². The third-order valence-corrected chi connectivity index (χ3v) is 11.6. The summed E-state index contributed by atoms with van der Waals surface area (Å²) >= 11 is 3.94. The van der Waals surface area contributed by atoms with Gasteiger partial charge in [0.15, 0.2) is 0 Å². The number of hydrogen-bond donors (Lipinski definition) is 0. The van der Waals surface area contributed by atoms with Crippen molar-refractivity contribution in [3.05, 3.63) is 126 Å². The van der Waals surface area contributed by atoms with E-state index < -0.39 is 0 Å². The van der Waals surface area contributed by atoms with Crippen molar-refractivity contribution in [2.45, 2.75) is 58.3 Å². The fourth-order valence-electron chi connectivity index (χ4n) is 6.67. The Kier molecular flexibility index (Phi) is 8.36. The minimum atomic E-state index is 0.0959. The first-order valence-electron chi connectivity index (χ1n) is 14.3. The molecule has 0 bridgehead atoms. The molecule has 6 atom stereocenters. The number of aryl methyl sites for hydroxylation is 1. The highest BCUT2D eigenvalue weighted by Crippen LogP contribution is 2.56.